The quantitative estimate of drug-likeness (QED) is 0.128. The Morgan fingerprint density at radius 1 is 0.925 bits per heavy atom. The molecule has 202 valence electrons. The van der Waals surface area contributed by atoms with Crippen molar-refractivity contribution in [3.05, 3.63) is 102 Å². The van der Waals surface area contributed by atoms with Gasteiger partial charge in [0.2, 0.25) is 0 Å². The molecule has 1 fully saturated rings. The predicted molar refractivity (Wildman–Crippen MR) is 164 cm³/mol. The number of amides is 1. The van der Waals surface area contributed by atoms with Crippen LogP contribution in [0.4, 0.5) is 17.1 Å². The number of carbonyl (C=O) groups is 1. The molecule has 40 heavy (non-hydrogen) atoms. The topological polar surface area (TPSA) is 102 Å². The highest BCUT2D eigenvalue weighted by molar-refractivity contribution is 8.19. The van der Waals surface area contributed by atoms with Gasteiger partial charge in [-0.3, -0.25) is 19.8 Å². The van der Waals surface area contributed by atoms with E-state index in [1.165, 1.54) is 40.9 Å². The SMILES string of the molecule is Cc1nnc(Sc2ccc(/C=C3\SC(=Nc4ccc(C)c(C)c4)N(c4ccc(C)c(C)c4)C3=O)cc2[N+](=O)[O-])s1. The molecule has 11 heteroatoms. The Balaban J connectivity index is 1.54. The van der Waals surface area contributed by atoms with Gasteiger partial charge < -0.3 is 0 Å². The fourth-order valence-corrected chi connectivity index (χ4v) is 6.82. The normalized spacial score (nSPS) is 15.4. The molecule has 4 aromatic rings. The average Bonchev–Trinajstić information content (AvgIpc) is 3.45. The van der Waals surface area contributed by atoms with E-state index in [4.69, 9.17) is 4.99 Å². The molecule has 3 aromatic carbocycles. The van der Waals surface area contributed by atoms with Gasteiger partial charge >= 0.3 is 0 Å². The molecule has 1 aromatic heterocycles. The minimum Gasteiger partial charge on any atom is -0.268 e. The number of carbonyl (C=O) groups excluding carboxylic acids is 1. The van der Waals surface area contributed by atoms with E-state index < -0.39 is 4.92 Å². The van der Waals surface area contributed by atoms with E-state index in [-0.39, 0.29) is 11.6 Å². The third-order valence-electron chi connectivity index (χ3n) is 6.45. The maximum atomic E-state index is 13.8. The van der Waals surface area contributed by atoms with Crippen LogP contribution in [-0.4, -0.2) is 26.2 Å². The lowest BCUT2D eigenvalue weighted by atomic mass is 10.1. The van der Waals surface area contributed by atoms with Gasteiger partial charge in [0.15, 0.2) is 9.51 Å². The minimum atomic E-state index is -0.421. The fraction of sp³-hybridized carbons (Fsp3) is 0.172. The van der Waals surface area contributed by atoms with E-state index in [0.29, 0.717) is 24.9 Å². The molecule has 0 radical (unpaired) electrons. The maximum absolute atomic E-state index is 13.8. The van der Waals surface area contributed by atoms with Gasteiger partial charge in [0.25, 0.3) is 11.6 Å². The first kappa shape index (κ1) is 27.8. The Morgan fingerprint density at radius 3 is 2.30 bits per heavy atom. The zero-order valence-electron chi connectivity index (χ0n) is 22.5. The second kappa shape index (κ2) is 11.4. The molecular formula is C29H25N5O3S3. The molecule has 1 amide bonds. The van der Waals surface area contributed by atoms with Crippen LogP contribution >= 0.6 is 34.9 Å². The third kappa shape index (κ3) is 5.86. The number of amidine groups is 1. The smallest absolute Gasteiger partial charge is 0.268 e. The van der Waals surface area contributed by atoms with Crippen molar-refractivity contribution in [3.63, 3.8) is 0 Å². The number of rotatable bonds is 6. The van der Waals surface area contributed by atoms with Crippen LogP contribution in [0.5, 0.6) is 0 Å². The van der Waals surface area contributed by atoms with E-state index in [1.807, 2.05) is 71.0 Å². The summed E-state index contributed by atoms with van der Waals surface area (Å²) in [7, 11) is 0. The average molecular weight is 588 g/mol. The van der Waals surface area contributed by atoms with Gasteiger partial charge in [-0.05, 0) is 111 Å². The van der Waals surface area contributed by atoms with Gasteiger partial charge in [-0.1, -0.05) is 41.3 Å². The molecule has 1 aliphatic heterocycles. The highest BCUT2D eigenvalue weighted by atomic mass is 32.2. The zero-order valence-corrected chi connectivity index (χ0v) is 24.9. The predicted octanol–water partition coefficient (Wildman–Crippen LogP) is 7.95. The number of anilines is 1. The molecule has 1 aliphatic rings. The lowest BCUT2D eigenvalue weighted by Gasteiger charge is -2.17. The summed E-state index contributed by atoms with van der Waals surface area (Å²) in [6.45, 7) is 9.93. The van der Waals surface area contributed by atoms with Gasteiger partial charge in [-0.25, -0.2) is 4.99 Å². The fourth-order valence-electron chi connectivity index (χ4n) is 3.96. The van der Waals surface area contributed by atoms with Crippen molar-refractivity contribution in [1.29, 1.82) is 0 Å². The largest absolute Gasteiger partial charge is 0.283 e. The van der Waals surface area contributed by atoms with E-state index in [2.05, 4.69) is 10.2 Å². The summed E-state index contributed by atoms with van der Waals surface area (Å²) in [6, 6.07) is 16.7. The second-order valence-electron chi connectivity index (χ2n) is 9.36. The van der Waals surface area contributed by atoms with Gasteiger partial charge in [-0.2, -0.15) is 0 Å². The number of aliphatic imine (C=N–C) groups is 1. The maximum Gasteiger partial charge on any atom is 0.283 e. The Bertz CT molecular complexity index is 1730. The molecule has 0 aliphatic carbocycles. The van der Waals surface area contributed by atoms with Gasteiger partial charge in [0, 0.05) is 6.07 Å². The van der Waals surface area contributed by atoms with Gasteiger partial charge in [-0.15, -0.1) is 10.2 Å². The van der Waals surface area contributed by atoms with Crippen molar-refractivity contribution < 1.29 is 9.72 Å². The van der Waals surface area contributed by atoms with Crippen molar-refractivity contribution in [2.75, 3.05) is 4.90 Å². The molecule has 0 unspecified atom stereocenters. The van der Waals surface area contributed by atoms with Crippen LogP contribution in [0.15, 0.2) is 73.7 Å². The second-order valence-corrected chi connectivity index (χ2v) is 12.8. The van der Waals surface area contributed by atoms with Crippen LogP contribution in [-0.2, 0) is 4.79 Å². The highest BCUT2D eigenvalue weighted by Gasteiger charge is 2.35. The molecule has 0 saturated carbocycles. The summed E-state index contributed by atoms with van der Waals surface area (Å²) in [5.74, 6) is -0.235. The first-order valence-electron chi connectivity index (χ1n) is 12.3. The summed E-state index contributed by atoms with van der Waals surface area (Å²) >= 11 is 3.83. The number of aromatic nitrogens is 2. The van der Waals surface area contributed by atoms with Crippen LogP contribution in [0.3, 0.4) is 0 Å². The molecule has 8 nitrogen and oxygen atoms in total. The molecule has 0 bridgehead atoms. The van der Waals surface area contributed by atoms with Crippen LogP contribution in [0, 0.1) is 44.7 Å². The number of hydrogen-bond acceptors (Lipinski definition) is 9. The molecule has 5 rings (SSSR count). The minimum absolute atomic E-state index is 0.0577. The number of benzene rings is 3. The lowest BCUT2D eigenvalue weighted by molar-refractivity contribution is -0.387. The Morgan fingerprint density at radius 2 is 1.65 bits per heavy atom. The van der Waals surface area contributed by atoms with Gasteiger partial charge in [0.1, 0.15) is 5.01 Å². The molecule has 0 N–H and O–H groups in total. The van der Waals surface area contributed by atoms with E-state index >= 15 is 0 Å². The number of nitro groups is 1. The van der Waals surface area contributed by atoms with Crippen molar-refractivity contribution >= 4 is 69.1 Å². The van der Waals surface area contributed by atoms with E-state index in [0.717, 1.165) is 38.6 Å². The van der Waals surface area contributed by atoms with Crippen LogP contribution in [0.2, 0.25) is 0 Å². The van der Waals surface area contributed by atoms with Crippen LogP contribution in [0.25, 0.3) is 6.08 Å². The van der Waals surface area contributed by atoms with Gasteiger partial charge in [0.05, 0.1) is 26.1 Å². The number of nitro benzene ring substituents is 1. The third-order valence-corrected chi connectivity index (χ3v) is 9.38. The number of aryl methyl sites for hydroxylation is 5. The molecule has 1 saturated heterocycles. The van der Waals surface area contributed by atoms with Crippen molar-refractivity contribution in [2.45, 2.75) is 43.9 Å². The summed E-state index contributed by atoms with van der Waals surface area (Å²) in [5.41, 5.74) is 6.42. The number of hydrogen-bond donors (Lipinski definition) is 0. The summed E-state index contributed by atoms with van der Waals surface area (Å²) in [6.07, 6.45) is 1.68. The Labute approximate surface area is 244 Å². The first-order valence-corrected chi connectivity index (χ1v) is 14.8. The van der Waals surface area contributed by atoms with E-state index in [1.54, 1.807) is 23.1 Å². The van der Waals surface area contributed by atoms with Crippen molar-refractivity contribution in [1.82, 2.24) is 10.2 Å². The highest BCUT2D eigenvalue weighted by Crippen LogP contribution is 2.40. The summed E-state index contributed by atoms with van der Waals surface area (Å²) < 4.78 is 0.629. The standard InChI is InChI=1S/C29H25N5O3S3/c1-16-6-9-22(12-18(16)3)30-28-33(23-10-7-17(2)19(4)13-23)27(35)26(39-28)15-21-8-11-25(24(14-21)34(36)37)40-29-32-31-20(5)38-29/h6-15H,1-5H3/b26-15-,30-28?. The van der Waals surface area contributed by atoms with Crippen LogP contribution in [0.1, 0.15) is 32.8 Å². The Kier molecular flexibility index (Phi) is 7.88. The molecule has 0 atom stereocenters. The van der Waals surface area contributed by atoms with Crippen molar-refractivity contribution in [2.24, 2.45) is 4.99 Å². The molecule has 2 heterocycles. The number of thioether (sulfide) groups is 1. The number of nitrogens with zero attached hydrogens (tertiary/aromatic N) is 5. The summed E-state index contributed by atoms with van der Waals surface area (Å²) in [4.78, 5) is 32.6. The zero-order chi connectivity index (χ0) is 28.6. The van der Waals surface area contributed by atoms with E-state index in [9.17, 15) is 14.9 Å². The molecular weight excluding hydrogens is 563 g/mol. The summed E-state index contributed by atoms with van der Waals surface area (Å²) in [5, 5.41) is 21.3. The van der Waals surface area contributed by atoms with Crippen molar-refractivity contribution in [3.8, 4) is 0 Å². The Hall–Kier alpha value is -3.80. The van der Waals surface area contributed by atoms with Crippen LogP contribution < -0.4 is 4.90 Å². The lowest BCUT2D eigenvalue weighted by Crippen LogP contribution is -2.28. The first-order chi connectivity index (χ1) is 19.1. The monoisotopic (exact) mass is 587 g/mol. The molecule has 0 spiro atoms.